The number of carbonyl (C=O) groups excluding carboxylic acids is 1. The van der Waals surface area contributed by atoms with E-state index in [-0.39, 0.29) is 16.8 Å². The predicted octanol–water partition coefficient (Wildman–Crippen LogP) is 6.03. The van der Waals surface area contributed by atoms with Gasteiger partial charge >= 0.3 is 6.18 Å². The third kappa shape index (κ3) is 6.90. The minimum absolute atomic E-state index is 0.153. The number of fused-ring (bicyclic) bond motifs is 2. The normalized spacial score (nSPS) is 14.5. The molecule has 2 N–H and O–H groups in total. The number of alkyl halides is 3. The Kier molecular flexibility index (Phi) is 8.79. The van der Waals surface area contributed by atoms with E-state index in [1.54, 1.807) is 23.1 Å². The molecule has 1 fully saturated rings. The molecule has 0 atom stereocenters. The number of nitriles is 1. The summed E-state index contributed by atoms with van der Waals surface area (Å²) in [6.07, 6.45) is 2.42. The number of aryl methyl sites for hydroxylation is 3. The van der Waals surface area contributed by atoms with Crippen LogP contribution in [0.15, 0.2) is 55.6 Å². The molecule has 6 rings (SSSR count). The first-order valence-corrected chi connectivity index (χ1v) is 15.7. The second kappa shape index (κ2) is 12.9. The molecule has 1 aliphatic rings. The van der Waals surface area contributed by atoms with Gasteiger partial charge in [-0.25, -0.2) is 9.97 Å². The molecule has 5 aromatic rings. The zero-order chi connectivity index (χ0) is 32.4. The summed E-state index contributed by atoms with van der Waals surface area (Å²) in [5.74, 6) is 0.279. The number of aromatic nitrogens is 5. The van der Waals surface area contributed by atoms with E-state index in [1.807, 2.05) is 10.6 Å². The molecule has 238 valence electrons. The van der Waals surface area contributed by atoms with Crippen molar-refractivity contribution in [1.82, 2.24) is 29.2 Å². The number of benzene rings is 1. The quantitative estimate of drug-likeness (QED) is 0.178. The van der Waals surface area contributed by atoms with E-state index in [1.165, 1.54) is 18.0 Å². The van der Waals surface area contributed by atoms with Crippen LogP contribution in [0.25, 0.3) is 21.1 Å². The van der Waals surface area contributed by atoms with E-state index in [9.17, 15) is 23.2 Å². The van der Waals surface area contributed by atoms with Gasteiger partial charge in [0.1, 0.15) is 28.7 Å². The van der Waals surface area contributed by atoms with E-state index in [0.717, 1.165) is 60.3 Å². The van der Waals surface area contributed by atoms with Crippen molar-refractivity contribution in [3.8, 4) is 6.07 Å². The highest BCUT2D eigenvalue weighted by molar-refractivity contribution is 7.18. The molecule has 10 nitrogen and oxygen atoms in total. The Balaban J connectivity index is 1.08. The number of halogens is 3. The molecule has 0 radical (unpaired) electrons. The number of carbonyl (C=O) groups is 1. The molecule has 1 saturated heterocycles. The summed E-state index contributed by atoms with van der Waals surface area (Å²) in [5, 5.41) is 22.0. The summed E-state index contributed by atoms with van der Waals surface area (Å²) in [7, 11) is 0. The van der Waals surface area contributed by atoms with Gasteiger partial charge in [-0.1, -0.05) is 12.6 Å². The molecular formula is C32H32F3N9OS. The molecule has 0 saturated carbocycles. The Hall–Kier alpha value is -4.74. The number of anilines is 2. The molecule has 4 aromatic heterocycles. The van der Waals surface area contributed by atoms with Crippen LogP contribution in [0.4, 0.5) is 24.7 Å². The number of nitrogens with zero attached hydrogens (tertiary/aromatic N) is 7. The summed E-state index contributed by atoms with van der Waals surface area (Å²) in [4.78, 5) is 23.3. The van der Waals surface area contributed by atoms with Gasteiger partial charge in [0.25, 0.3) is 0 Å². The summed E-state index contributed by atoms with van der Waals surface area (Å²) in [6.45, 7) is 9.09. The van der Waals surface area contributed by atoms with Crippen LogP contribution in [0.5, 0.6) is 0 Å². The van der Waals surface area contributed by atoms with E-state index in [4.69, 9.17) is 0 Å². The summed E-state index contributed by atoms with van der Waals surface area (Å²) < 4.78 is 42.5. The van der Waals surface area contributed by atoms with Gasteiger partial charge < -0.3 is 15.2 Å². The third-order valence-corrected chi connectivity index (χ3v) is 9.34. The number of thiophene rings is 1. The first-order valence-electron chi connectivity index (χ1n) is 14.9. The van der Waals surface area contributed by atoms with Crippen LogP contribution in [0.1, 0.15) is 34.5 Å². The van der Waals surface area contributed by atoms with Crippen LogP contribution in [0.2, 0.25) is 0 Å². The fraction of sp³-hybridized carbons (Fsp3) is 0.344. The lowest BCUT2D eigenvalue weighted by molar-refractivity contribution is -0.126. The molecule has 1 aliphatic heterocycles. The van der Waals surface area contributed by atoms with Crippen molar-refractivity contribution in [3.63, 3.8) is 0 Å². The Morgan fingerprint density at radius 1 is 1.20 bits per heavy atom. The highest BCUT2D eigenvalue weighted by atomic mass is 32.1. The number of nitrogens with one attached hydrogen (secondary N) is 2. The van der Waals surface area contributed by atoms with E-state index in [2.05, 4.69) is 62.3 Å². The second-order valence-electron chi connectivity index (χ2n) is 11.4. The highest BCUT2D eigenvalue weighted by Crippen LogP contribution is 2.33. The summed E-state index contributed by atoms with van der Waals surface area (Å²) in [5.41, 5.74) is 4.47. The van der Waals surface area contributed by atoms with Gasteiger partial charge in [0.05, 0.1) is 30.2 Å². The fourth-order valence-corrected chi connectivity index (χ4v) is 6.97. The molecule has 1 amide bonds. The Labute approximate surface area is 267 Å². The summed E-state index contributed by atoms with van der Waals surface area (Å²) >= 11 is 1.05. The molecule has 0 aliphatic carbocycles. The molecule has 5 heterocycles. The standard InChI is InChI=1S/C32H32F3N9OS/c1-3-29(45)40-23-16-39-43(18-23)10-11-44-24(15-36)12-26-20(2)21(4-5-28(26)44)17-42-8-6-22(7-9-42)41-30-27-13-25(14-32(33,34)35)46-31(27)38-19-37-30/h3-5,12-13,16,18-19,22H,1,6-11,14,17H2,2H3,(H,40,45)(H,37,38,41). The molecule has 0 unspecified atom stereocenters. The van der Waals surface area contributed by atoms with Crippen molar-refractivity contribution in [2.24, 2.45) is 0 Å². The average Bonchev–Trinajstić information content (AvgIpc) is 3.74. The van der Waals surface area contributed by atoms with Crippen LogP contribution in [0, 0.1) is 18.3 Å². The van der Waals surface area contributed by atoms with Crippen molar-refractivity contribution in [1.29, 1.82) is 5.26 Å². The van der Waals surface area contributed by atoms with Crippen LogP contribution in [0.3, 0.4) is 0 Å². The Bertz CT molecular complexity index is 1940. The SMILES string of the molecule is C=CC(=O)Nc1cnn(CCn2c(C#N)cc3c(C)c(CN4CCC(Nc5ncnc6sc(CC(F)(F)F)cc56)CC4)ccc32)c1. The van der Waals surface area contributed by atoms with Gasteiger partial charge in [0.2, 0.25) is 5.91 Å². The zero-order valence-corrected chi connectivity index (χ0v) is 26.0. The lowest BCUT2D eigenvalue weighted by Crippen LogP contribution is -2.39. The molecular weight excluding hydrogens is 615 g/mol. The number of likely N-dealkylation sites (tertiary alicyclic amines) is 1. The van der Waals surface area contributed by atoms with Gasteiger partial charge in [-0.2, -0.15) is 23.5 Å². The first-order chi connectivity index (χ1) is 22.1. The van der Waals surface area contributed by atoms with Crippen molar-refractivity contribution < 1.29 is 18.0 Å². The molecule has 46 heavy (non-hydrogen) atoms. The van der Waals surface area contributed by atoms with E-state index < -0.39 is 12.6 Å². The fourth-order valence-electron chi connectivity index (χ4n) is 5.95. The van der Waals surface area contributed by atoms with Crippen molar-refractivity contribution in [2.75, 3.05) is 23.7 Å². The van der Waals surface area contributed by atoms with E-state index in [0.29, 0.717) is 40.5 Å². The zero-order valence-electron chi connectivity index (χ0n) is 25.1. The minimum atomic E-state index is -4.27. The predicted molar refractivity (Wildman–Crippen MR) is 172 cm³/mol. The second-order valence-corrected chi connectivity index (χ2v) is 12.5. The Morgan fingerprint density at radius 2 is 2.00 bits per heavy atom. The van der Waals surface area contributed by atoms with Gasteiger partial charge in [-0.05, 0) is 55.2 Å². The maximum absolute atomic E-state index is 12.9. The summed E-state index contributed by atoms with van der Waals surface area (Å²) in [6, 6.07) is 10.2. The van der Waals surface area contributed by atoms with Gasteiger partial charge in [0, 0.05) is 54.2 Å². The van der Waals surface area contributed by atoms with Gasteiger partial charge in [0.15, 0.2) is 0 Å². The van der Waals surface area contributed by atoms with Crippen LogP contribution < -0.4 is 10.6 Å². The van der Waals surface area contributed by atoms with Crippen molar-refractivity contribution in [2.45, 2.75) is 58.0 Å². The van der Waals surface area contributed by atoms with Crippen LogP contribution in [-0.4, -0.2) is 60.4 Å². The molecule has 14 heteroatoms. The number of rotatable bonds is 10. The molecule has 0 spiro atoms. The smallest absolute Gasteiger partial charge is 0.367 e. The van der Waals surface area contributed by atoms with Crippen LogP contribution in [-0.2, 0) is 30.8 Å². The monoisotopic (exact) mass is 647 g/mol. The van der Waals surface area contributed by atoms with Crippen molar-refractivity contribution >= 4 is 49.9 Å². The van der Waals surface area contributed by atoms with Gasteiger partial charge in [-0.3, -0.25) is 14.4 Å². The van der Waals surface area contributed by atoms with Crippen molar-refractivity contribution in [3.05, 3.63) is 77.3 Å². The Morgan fingerprint density at radius 3 is 2.74 bits per heavy atom. The third-order valence-electron chi connectivity index (χ3n) is 8.30. The number of hydrogen-bond donors (Lipinski definition) is 2. The van der Waals surface area contributed by atoms with Gasteiger partial charge in [-0.15, -0.1) is 11.3 Å². The molecule has 1 aromatic carbocycles. The number of amides is 1. The minimum Gasteiger partial charge on any atom is -0.367 e. The average molecular weight is 648 g/mol. The first kappa shape index (κ1) is 31.3. The maximum atomic E-state index is 12.9. The largest absolute Gasteiger partial charge is 0.393 e. The maximum Gasteiger partial charge on any atom is 0.393 e. The number of hydrogen-bond acceptors (Lipinski definition) is 8. The lowest BCUT2D eigenvalue weighted by Gasteiger charge is -2.33. The lowest BCUT2D eigenvalue weighted by atomic mass is 10.0. The topological polar surface area (TPSA) is 117 Å². The van der Waals surface area contributed by atoms with E-state index >= 15 is 0 Å². The molecule has 0 bridgehead atoms. The van der Waals surface area contributed by atoms with Crippen LogP contribution >= 0.6 is 11.3 Å². The highest BCUT2D eigenvalue weighted by Gasteiger charge is 2.29. The number of piperidine rings is 1.